The van der Waals surface area contributed by atoms with Crippen LogP contribution in [0.5, 0.6) is 5.75 Å². The van der Waals surface area contributed by atoms with Crippen molar-refractivity contribution in [3.05, 3.63) is 30.1 Å². The van der Waals surface area contributed by atoms with Crippen LogP contribution in [0.15, 0.2) is 24.3 Å². The molecule has 122 valence electrons. The van der Waals surface area contributed by atoms with E-state index in [-0.39, 0.29) is 18.6 Å². The number of nitrogens with one attached hydrogen (secondary N) is 1. The minimum absolute atomic E-state index is 0.136. The van der Waals surface area contributed by atoms with Gasteiger partial charge in [0.1, 0.15) is 11.6 Å². The Bertz CT molecular complexity index is 627. The molecular weight excluding hydrogens is 311 g/mol. The lowest BCUT2D eigenvalue weighted by atomic mass is 10.1. The van der Waals surface area contributed by atoms with E-state index in [4.69, 9.17) is 4.74 Å². The van der Waals surface area contributed by atoms with Crippen LogP contribution in [0.1, 0.15) is 12.8 Å². The molecule has 0 saturated carbocycles. The summed E-state index contributed by atoms with van der Waals surface area (Å²) in [6.07, 6.45) is 2.26. The van der Waals surface area contributed by atoms with Gasteiger partial charge in [0.15, 0.2) is 6.61 Å². The molecule has 0 radical (unpaired) electrons. The monoisotopic (exact) mass is 330 g/mol. The standard InChI is InChI=1S/C14H19FN2O4S/c1-22(19,20)16-12-5-7-17(8-6-12)14(18)10-21-13-4-2-3-11(15)9-13/h2-4,9,12,16H,5-8,10H2,1H3. The lowest BCUT2D eigenvalue weighted by Gasteiger charge is -2.31. The summed E-state index contributed by atoms with van der Waals surface area (Å²) in [7, 11) is -3.23. The Morgan fingerprint density at radius 3 is 2.68 bits per heavy atom. The van der Waals surface area contributed by atoms with Gasteiger partial charge in [-0.25, -0.2) is 17.5 Å². The summed E-state index contributed by atoms with van der Waals surface area (Å²) in [4.78, 5) is 13.6. The van der Waals surface area contributed by atoms with Gasteiger partial charge in [-0.2, -0.15) is 0 Å². The van der Waals surface area contributed by atoms with Crippen molar-refractivity contribution in [3.63, 3.8) is 0 Å². The number of hydrogen-bond donors (Lipinski definition) is 1. The zero-order valence-electron chi connectivity index (χ0n) is 12.3. The van der Waals surface area contributed by atoms with Gasteiger partial charge in [0.05, 0.1) is 6.26 Å². The molecule has 1 aromatic carbocycles. The predicted octanol–water partition coefficient (Wildman–Crippen LogP) is 0.745. The van der Waals surface area contributed by atoms with Crippen LogP contribution in [0, 0.1) is 5.82 Å². The molecule has 0 spiro atoms. The van der Waals surface area contributed by atoms with Crippen LogP contribution in [0.25, 0.3) is 0 Å². The lowest BCUT2D eigenvalue weighted by Crippen LogP contribution is -2.47. The topological polar surface area (TPSA) is 75.7 Å². The van der Waals surface area contributed by atoms with E-state index in [1.54, 1.807) is 11.0 Å². The first-order valence-electron chi connectivity index (χ1n) is 6.97. The van der Waals surface area contributed by atoms with Gasteiger partial charge in [0.2, 0.25) is 10.0 Å². The number of ether oxygens (including phenoxy) is 1. The van der Waals surface area contributed by atoms with E-state index in [0.29, 0.717) is 31.7 Å². The minimum atomic E-state index is -3.23. The van der Waals surface area contributed by atoms with Gasteiger partial charge in [0, 0.05) is 25.2 Å². The minimum Gasteiger partial charge on any atom is -0.484 e. The van der Waals surface area contributed by atoms with Crippen LogP contribution < -0.4 is 9.46 Å². The number of likely N-dealkylation sites (tertiary alicyclic amines) is 1. The Hall–Kier alpha value is -1.67. The summed E-state index contributed by atoms with van der Waals surface area (Å²) in [6, 6.07) is 5.48. The zero-order valence-corrected chi connectivity index (χ0v) is 13.1. The second kappa shape index (κ2) is 7.06. The van der Waals surface area contributed by atoms with Crippen molar-refractivity contribution in [2.75, 3.05) is 26.0 Å². The molecule has 1 fully saturated rings. The number of carbonyl (C=O) groups excluding carboxylic acids is 1. The molecule has 0 atom stereocenters. The molecule has 0 aromatic heterocycles. The predicted molar refractivity (Wildman–Crippen MR) is 79.5 cm³/mol. The highest BCUT2D eigenvalue weighted by Crippen LogP contribution is 2.14. The fourth-order valence-corrected chi connectivity index (χ4v) is 3.18. The molecule has 1 N–H and O–H groups in total. The Morgan fingerprint density at radius 1 is 1.41 bits per heavy atom. The van der Waals surface area contributed by atoms with E-state index in [2.05, 4.69) is 4.72 Å². The number of benzene rings is 1. The molecule has 1 heterocycles. The van der Waals surface area contributed by atoms with Crippen molar-refractivity contribution in [1.82, 2.24) is 9.62 Å². The van der Waals surface area contributed by atoms with Crippen LogP contribution in [-0.4, -0.2) is 51.2 Å². The molecular formula is C14H19FN2O4S. The summed E-state index contributed by atoms with van der Waals surface area (Å²) >= 11 is 0. The molecule has 1 saturated heterocycles. The third-order valence-electron chi connectivity index (χ3n) is 3.39. The van der Waals surface area contributed by atoms with Gasteiger partial charge >= 0.3 is 0 Å². The van der Waals surface area contributed by atoms with E-state index in [1.165, 1.54) is 18.2 Å². The molecule has 1 aliphatic rings. The van der Waals surface area contributed by atoms with Crippen molar-refractivity contribution in [1.29, 1.82) is 0 Å². The highest BCUT2D eigenvalue weighted by Gasteiger charge is 2.24. The molecule has 0 bridgehead atoms. The van der Waals surface area contributed by atoms with E-state index in [1.807, 2.05) is 0 Å². The first-order valence-corrected chi connectivity index (χ1v) is 8.86. The number of sulfonamides is 1. The summed E-state index contributed by atoms with van der Waals surface area (Å²) in [6.45, 7) is 0.782. The maximum Gasteiger partial charge on any atom is 0.260 e. The molecule has 1 aliphatic heterocycles. The molecule has 2 rings (SSSR count). The van der Waals surface area contributed by atoms with Crippen molar-refractivity contribution in [2.45, 2.75) is 18.9 Å². The number of amides is 1. The molecule has 0 unspecified atom stereocenters. The second-order valence-electron chi connectivity index (χ2n) is 5.29. The third kappa shape index (κ3) is 5.27. The van der Waals surface area contributed by atoms with Gasteiger partial charge in [-0.05, 0) is 25.0 Å². The van der Waals surface area contributed by atoms with Crippen LogP contribution in [0.2, 0.25) is 0 Å². The van der Waals surface area contributed by atoms with Gasteiger partial charge in [0.25, 0.3) is 5.91 Å². The fourth-order valence-electron chi connectivity index (χ4n) is 2.34. The van der Waals surface area contributed by atoms with Gasteiger partial charge in [-0.1, -0.05) is 6.07 Å². The number of carbonyl (C=O) groups is 1. The first-order chi connectivity index (χ1) is 10.3. The van der Waals surface area contributed by atoms with E-state index in [9.17, 15) is 17.6 Å². The molecule has 0 aliphatic carbocycles. The van der Waals surface area contributed by atoms with Gasteiger partial charge < -0.3 is 9.64 Å². The smallest absolute Gasteiger partial charge is 0.260 e. The molecule has 22 heavy (non-hydrogen) atoms. The van der Waals surface area contributed by atoms with Crippen molar-refractivity contribution in [2.24, 2.45) is 0 Å². The molecule has 8 heteroatoms. The number of rotatable bonds is 5. The molecule has 1 amide bonds. The van der Waals surface area contributed by atoms with E-state index in [0.717, 1.165) is 6.26 Å². The fraction of sp³-hybridized carbons (Fsp3) is 0.500. The highest BCUT2D eigenvalue weighted by molar-refractivity contribution is 7.88. The largest absolute Gasteiger partial charge is 0.484 e. The Balaban J connectivity index is 1.78. The van der Waals surface area contributed by atoms with Gasteiger partial charge in [-0.3, -0.25) is 4.79 Å². The zero-order chi connectivity index (χ0) is 16.2. The summed E-state index contributed by atoms with van der Waals surface area (Å²) in [5.41, 5.74) is 0. The average molecular weight is 330 g/mol. The van der Waals surface area contributed by atoms with Crippen molar-refractivity contribution >= 4 is 15.9 Å². The number of piperidine rings is 1. The molecule has 1 aromatic rings. The maximum atomic E-state index is 13.0. The number of nitrogens with zero attached hydrogens (tertiary/aromatic N) is 1. The van der Waals surface area contributed by atoms with Crippen molar-refractivity contribution < 1.29 is 22.3 Å². The highest BCUT2D eigenvalue weighted by atomic mass is 32.2. The van der Waals surface area contributed by atoms with Crippen LogP contribution >= 0.6 is 0 Å². The molecule has 6 nitrogen and oxygen atoms in total. The quantitative estimate of drug-likeness (QED) is 0.864. The second-order valence-corrected chi connectivity index (χ2v) is 7.07. The average Bonchev–Trinajstić information content (AvgIpc) is 2.44. The number of halogens is 1. The van der Waals surface area contributed by atoms with Crippen LogP contribution in [0.3, 0.4) is 0 Å². The Morgan fingerprint density at radius 2 is 2.09 bits per heavy atom. The Labute approximate surface area is 129 Å². The Kier molecular flexibility index (Phi) is 5.36. The first kappa shape index (κ1) is 16.7. The maximum absolute atomic E-state index is 13.0. The summed E-state index contributed by atoms with van der Waals surface area (Å²) in [5, 5.41) is 0. The number of hydrogen-bond acceptors (Lipinski definition) is 4. The summed E-state index contributed by atoms with van der Waals surface area (Å²) < 4.78 is 43.1. The third-order valence-corrected chi connectivity index (χ3v) is 4.15. The van der Waals surface area contributed by atoms with E-state index >= 15 is 0 Å². The van der Waals surface area contributed by atoms with Crippen molar-refractivity contribution in [3.8, 4) is 5.75 Å². The van der Waals surface area contributed by atoms with Crippen LogP contribution in [0.4, 0.5) is 4.39 Å². The summed E-state index contributed by atoms with van der Waals surface area (Å²) in [5.74, 6) is -0.304. The van der Waals surface area contributed by atoms with Gasteiger partial charge in [-0.15, -0.1) is 0 Å². The lowest BCUT2D eigenvalue weighted by molar-refractivity contribution is -0.134. The van der Waals surface area contributed by atoms with Crippen LogP contribution in [-0.2, 0) is 14.8 Å². The van der Waals surface area contributed by atoms with E-state index < -0.39 is 15.8 Å². The normalized spacial score (nSPS) is 16.5. The SMILES string of the molecule is CS(=O)(=O)NC1CCN(C(=O)COc2cccc(F)c2)CC1.